The zero-order chi connectivity index (χ0) is 21.7. The second-order valence-corrected chi connectivity index (χ2v) is 7.77. The van der Waals surface area contributed by atoms with Crippen LogP contribution in [0, 0.1) is 0 Å². The van der Waals surface area contributed by atoms with E-state index in [1.807, 2.05) is 48.5 Å². The standard InChI is InChI=1S/C28H33NO2/c1-3-13-27(29-23(2)26-18-11-6-12-19-26)28(31-21-25-16-9-5-10-17-25)22-30-20-24-14-7-4-8-15-24/h3-12,14-19,23,27-29H,1,13,20-22H2,2H3/t23-,27-,28+/m0/s1. The molecule has 162 valence electrons. The molecule has 3 atom stereocenters. The van der Waals surface area contributed by atoms with Crippen molar-refractivity contribution >= 4 is 0 Å². The lowest BCUT2D eigenvalue weighted by atomic mass is 10.0. The van der Waals surface area contributed by atoms with E-state index in [0.717, 1.165) is 17.5 Å². The van der Waals surface area contributed by atoms with Crippen LogP contribution in [-0.2, 0) is 22.7 Å². The summed E-state index contributed by atoms with van der Waals surface area (Å²) in [6.07, 6.45) is 2.64. The molecule has 0 radical (unpaired) electrons. The predicted molar refractivity (Wildman–Crippen MR) is 128 cm³/mol. The molecule has 3 aromatic rings. The zero-order valence-corrected chi connectivity index (χ0v) is 18.3. The Hall–Kier alpha value is -2.72. The average Bonchev–Trinajstić information content (AvgIpc) is 2.83. The minimum atomic E-state index is -0.104. The molecule has 3 aromatic carbocycles. The molecular weight excluding hydrogens is 382 g/mol. The van der Waals surface area contributed by atoms with Crippen molar-refractivity contribution in [2.45, 2.75) is 44.7 Å². The molecule has 0 bridgehead atoms. The predicted octanol–water partition coefficient (Wildman–Crippen LogP) is 6.08. The van der Waals surface area contributed by atoms with Gasteiger partial charge in [0, 0.05) is 12.1 Å². The second kappa shape index (κ2) is 12.9. The van der Waals surface area contributed by atoms with Gasteiger partial charge in [-0.1, -0.05) is 97.1 Å². The van der Waals surface area contributed by atoms with E-state index in [1.165, 1.54) is 5.56 Å². The molecule has 0 aliphatic carbocycles. The number of benzene rings is 3. The van der Waals surface area contributed by atoms with Gasteiger partial charge in [0.1, 0.15) is 0 Å². The Labute approximate surface area is 186 Å². The molecule has 0 unspecified atom stereocenters. The maximum Gasteiger partial charge on any atom is 0.0968 e. The number of hydrogen-bond acceptors (Lipinski definition) is 3. The first-order chi connectivity index (χ1) is 15.3. The molecule has 3 nitrogen and oxygen atoms in total. The van der Waals surface area contributed by atoms with Crippen LogP contribution in [0.2, 0.25) is 0 Å². The first-order valence-corrected chi connectivity index (χ1v) is 11.0. The summed E-state index contributed by atoms with van der Waals surface area (Å²) in [5.41, 5.74) is 3.57. The largest absolute Gasteiger partial charge is 0.374 e. The first kappa shape index (κ1) is 23.0. The number of rotatable bonds is 13. The van der Waals surface area contributed by atoms with Crippen molar-refractivity contribution < 1.29 is 9.47 Å². The van der Waals surface area contributed by atoms with E-state index >= 15 is 0 Å². The van der Waals surface area contributed by atoms with Gasteiger partial charge in [-0.15, -0.1) is 6.58 Å². The quantitative estimate of drug-likeness (QED) is 0.343. The highest BCUT2D eigenvalue weighted by molar-refractivity contribution is 5.18. The summed E-state index contributed by atoms with van der Waals surface area (Å²) in [4.78, 5) is 0. The van der Waals surface area contributed by atoms with Crippen molar-refractivity contribution in [2.24, 2.45) is 0 Å². The Morgan fingerprint density at radius 2 is 1.35 bits per heavy atom. The summed E-state index contributed by atoms with van der Waals surface area (Å²) in [5.74, 6) is 0. The maximum atomic E-state index is 6.38. The molecule has 0 aliphatic rings. The Morgan fingerprint density at radius 3 is 1.94 bits per heavy atom. The van der Waals surface area contributed by atoms with Gasteiger partial charge in [0.05, 0.1) is 25.9 Å². The van der Waals surface area contributed by atoms with Crippen LogP contribution in [-0.4, -0.2) is 18.8 Å². The highest BCUT2D eigenvalue weighted by Gasteiger charge is 2.24. The van der Waals surface area contributed by atoms with E-state index < -0.39 is 0 Å². The lowest BCUT2D eigenvalue weighted by Gasteiger charge is -2.30. The van der Waals surface area contributed by atoms with Crippen LogP contribution in [0.4, 0.5) is 0 Å². The molecule has 0 aliphatic heterocycles. The molecule has 0 aromatic heterocycles. The SMILES string of the molecule is C=CC[C@H](N[C@@H](C)c1ccccc1)[C@@H](COCc1ccccc1)OCc1ccccc1. The third-order valence-electron chi connectivity index (χ3n) is 5.33. The van der Waals surface area contributed by atoms with Gasteiger partial charge >= 0.3 is 0 Å². The number of nitrogens with one attached hydrogen (secondary N) is 1. The van der Waals surface area contributed by atoms with Crippen LogP contribution in [0.3, 0.4) is 0 Å². The van der Waals surface area contributed by atoms with Gasteiger partial charge in [0.25, 0.3) is 0 Å². The minimum absolute atomic E-state index is 0.0900. The topological polar surface area (TPSA) is 30.5 Å². The summed E-state index contributed by atoms with van der Waals surface area (Å²) in [6.45, 7) is 7.79. The van der Waals surface area contributed by atoms with Gasteiger partial charge in [-0.05, 0) is 30.0 Å². The fourth-order valence-corrected chi connectivity index (χ4v) is 3.59. The molecule has 0 amide bonds. The highest BCUT2D eigenvalue weighted by Crippen LogP contribution is 2.17. The molecule has 0 saturated carbocycles. The lowest BCUT2D eigenvalue weighted by molar-refractivity contribution is -0.0485. The van der Waals surface area contributed by atoms with Crippen LogP contribution in [0.25, 0.3) is 0 Å². The Kier molecular flexibility index (Phi) is 9.52. The smallest absolute Gasteiger partial charge is 0.0968 e. The molecule has 3 heteroatoms. The zero-order valence-electron chi connectivity index (χ0n) is 18.3. The van der Waals surface area contributed by atoms with E-state index in [-0.39, 0.29) is 18.2 Å². The average molecular weight is 416 g/mol. The van der Waals surface area contributed by atoms with Gasteiger partial charge in [0.15, 0.2) is 0 Å². The van der Waals surface area contributed by atoms with E-state index in [4.69, 9.17) is 9.47 Å². The van der Waals surface area contributed by atoms with E-state index in [2.05, 4.69) is 67.4 Å². The van der Waals surface area contributed by atoms with E-state index in [9.17, 15) is 0 Å². The fraction of sp³-hybridized carbons (Fsp3) is 0.286. The fourth-order valence-electron chi connectivity index (χ4n) is 3.59. The van der Waals surface area contributed by atoms with Gasteiger partial charge in [0.2, 0.25) is 0 Å². The van der Waals surface area contributed by atoms with Crippen molar-refractivity contribution in [3.8, 4) is 0 Å². The van der Waals surface area contributed by atoms with Crippen molar-refractivity contribution in [1.29, 1.82) is 0 Å². The molecular formula is C28H33NO2. The van der Waals surface area contributed by atoms with Gasteiger partial charge in [-0.3, -0.25) is 0 Å². The van der Waals surface area contributed by atoms with Gasteiger partial charge in [-0.25, -0.2) is 0 Å². The highest BCUT2D eigenvalue weighted by atomic mass is 16.5. The van der Waals surface area contributed by atoms with Crippen LogP contribution in [0.5, 0.6) is 0 Å². The molecule has 31 heavy (non-hydrogen) atoms. The molecule has 1 N–H and O–H groups in total. The summed E-state index contributed by atoms with van der Waals surface area (Å²) in [6, 6.07) is 31.3. The van der Waals surface area contributed by atoms with Gasteiger partial charge < -0.3 is 14.8 Å². The number of ether oxygens (including phenoxy) is 2. The van der Waals surface area contributed by atoms with Crippen molar-refractivity contribution in [1.82, 2.24) is 5.32 Å². The monoisotopic (exact) mass is 415 g/mol. The van der Waals surface area contributed by atoms with Crippen molar-refractivity contribution in [3.63, 3.8) is 0 Å². The third kappa shape index (κ3) is 7.80. The summed E-state index contributed by atoms with van der Waals surface area (Å²) >= 11 is 0. The van der Waals surface area contributed by atoms with Crippen LogP contribution in [0.1, 0.15) is 36.1 Å². The van der Waals surface area contributed by atoms with Crippen LogP contribution in [0.15, 0.2) is 104 Å². The molecule has 0 fully saturated rings. The van der Waals surface area contributed by atoms with Crippen LogP contribution >= 0.6 is 0 Å². The van der Waals surface area contributed by atoms with Gasteiger partial charge in [-0.2, -0.15) is 0 Å². The first-order valence-electron chi connectivity index (χ1n) is 11.0. The van der Waals surface area contributed by atoms with Crippen molar-refractivity contribution in [3.05, 3.63) is 120 Å². The summed E-state index contributed by atoms with van der Waals surface area (Å²) in [5, 5.41) is 3.74. The summed E-state index contributed by atoms with van der Waals surface area (Å²) in [7, 11) is 0. The summed E-state index contributed by atoms with van der Waals surface area (Å²) < 4.78 is 12.5. The Balaban J connectivity index is 1.67. The molecule has 0 heterocycles. The van der Waals surface area contributed by atoms with Crippen molar-refractivity contribution in [2.75, 3.05) is 6.61 Å². The lowest BCUT2D eigenvalue weighted by Crippen LogP contribution is -2.44. The molecule has 0 spiro atoms. The number of hydrogen-bond donors (Lipinski definition) is 1. The normalized spacial score (nSPS) is 14.0. The Bertz CT molecular complexity index is 867. The molecule has 0 saturated heterocycles. The van der Waals surface area contributed by atoms with E-state index in [1.54, 1.807) is 0 Å². The Morgan fingerprint density at radius 1 is 0.806 bits per heavy atom. The second-order valence-electron chi connectivity index (χ2n) is 7.77. The third-order valence-corrected chi connectivity index (χ3v) is 5.33. The van der Waals surface area contributed by atoms with Crippen LogP contribution < -0.4 is 5.32 Å². The minimum Gasteiger partial charge on any atom is -0.374 e. The maximum absolute atomic E-state index is 6.38. The molecule has 3 rings (SSSR count). The van der Waals surface area contributed by atoms with E-state index in [0.29, 0.717) is 19.8 Å².